The molecule has 1 aromatic carbocycles. The van der Waals surface area contributed by atoms with E-state index in [9.17, 15) is 14.4 Å². The monoisotopic (exact) mass is 541 g/mol. The van der Waals surface area contributed by atoms with Crippen molar-refractivity contribution in [3.63, 3.8) is 0 Å². The number of fused-ring (bicyclic) bond motifs is 2. The number of ether oxygens (including phenoxy) is 1. The minimum absolute atomic E-state index is 0.0488. The summed E-state index contributed by atoms with van der Waals surface area (Å²) in [5.74, 6) is -0.623. The number of halogens is 1. The van der Waals surface area contributed by atoms with Gasteiger partial charge in [0, 0.05) is 44.5 Å². The lowest BCUT2D eigenvalue weighted by Crippen LogP contribution is -2.52. The van der Waals surface area contributed by atoms with Gasteiger partial charge in [0.2, 0.25) is 17.1 Å². The number of rotatable bonds is 8. The number of nitrogens with zero attached hydrogens (tertiary/aromatic N) is 5. The lowest BCUT2D eigenvalue weighted by atomic mass is 10.0. The second kappa shape index (κ2) is 9.84. The highest BCUT2D eigenvalue weighted by Gasteiger charge is 2.40. The number of aromatic nitrogens is 4. The summed E-state index contributed by atoms with van der Waals surface area (Å²) in [6.45, 7) is 8.08. The second-order valence-corrected chi connectivity index (χ2v) is 16.4. The zero-order chi connectivity index (χ0) is 26.3. The largest absolute Gasteiger partial charge is 0.361 e. The van der Waals surface area contributed by atoms with Crippen molar-refractivity contribution in [3.05, 3.63) is 40.9 Å². The van der Waals surface area contributed by atoms with E-state index < -0.39 is 20.0 Å². The number of carbonyl (C=O) groups is 3. The highest BCUT2D eigenvalue weighted by atomic mass is 35.5. The van der Waals surface area contributed by atoms with Crippen molar-refractivity contribution < 1.29 is 19.1 Å². The van der Waals surface area contributed by atoms with Crippen LogP contribution < -0.4 is 10.6 Å². The van der Waals surface area contributed by atoms with Crippen LogP contribution in [0.25, 0.3) is 11.2 Å². The summed E-state index contributed by atoms with van der Waals surface area (Å²) in [5.41, 5.74) is 2.92. The average Bonchev–Trinajstić information content (AvgIpc) is 3.38. The van der Waals surface area contributed by atoms with Gasteiger partial charge in [-0.2, -0.15) is 9.97 Å². The molecule has 0 radical (unpaired) electrons. The molecule has 3 aromatic rings. The molecule has 1 fully saturated rings. The van der Waals surface area contributed by atoms with Crippen molar-refractivity contribution >= 4 is 60.1 Å². The Morgan fingerprint density at radius 1 is 1.22 bits per heavy atom. The summed E-state index contributed by atoms with van der Waals surface area (Å²) in [5, 5.41) is 5.64. The van der Waals surface area contributed by atoms with Crippen molar-refractivity contribution in [3.8, 4) is 0 Å². The van der Waals surface area contributed by atoms with Gasteiger partial charge in [0.05, 0.1) is 6.33 Å². The average molecular weight is 542 g/mol. The molecular formula is C24H28ClN7O4Si. The van der Waals surface area contributed by atoms with Gasteiger partial charge in [-0.3, -0.25) is 24.3 Å². The first-order chi connectivity index (χ1) is 17.6. The van der Waals surface area contributed by atoms with Crippen molar-refractivity contribution in [2.75, 3.05) is 11.9 Å². The van der Waals surface area contributed by atoms with E-state index in [1.807, 2.05) is 6.07 Å². The number of benzene rings is 1. The van der Waals surface area contributed by atoms with Gasteiger partial charge in [0.25, 0.3) is 5.91 Å². The predicted octanol–water partition coefficient (Wildman–Crippen LogP) is 3.30. The molecule has 194 valence electrons. The maximum atomic E-state index is 13.1. The van der Waals surface area contributed by atoms with E-state index in [4.69, 9.17) is 16.3 Å². The number of hydrogen-bond acceptors (Lipinski definition) is 8. The minimum atomic E-state index is -1.20. The normalized spacial score (nSPS) is 17.9. The number of hydrogen-bond donors (Lipinski definition) is 2. The fourth-order valence-corrected chi connectivity index (χ4v) is 5.39. The van der Waals surface area contributed by atoms with Gasteiger partial charge < -0.3 is 15.0 Å². The van der Waals surface area contributed by atoms with E-state index in [-0.39, 0.29) is 30.1 Å². The molecule has 13 heteroatoms. The first-order valence-corrected chi connectivity index (χ1v) is 16.2. The van der Waals surface area contributed by atoms with Crippen LogP contribution in [0.1, 0.15) is 28.8 Å². The van der Waals surface area contributed by atoms with Gasteiger partial charge >= 0.3 is 0 Å². The molecule has 2 aliphatic rings. The van der Waals surface area contributed by atoms with Crippen LogP contribution in [0.4, 0.5) is 11.5 Å². The molecule has 4 heterocycles. The molecule has 0 spiro atoms. The summed E-state index contributed by atoms with van der Waals surface area (Å²) in [7, 11) is -1.20. The molecule has 1 unspecified atom stereocenters. The molecule has 1 saturated heterocycles. The first-order valence-electron chi connectivity index (χ1n) is 12.1. The summed E-state index contributed by atoms with van der Waals surface area (Å²) < 4.78 is 7.63. The third-order valence-corrected chi connectivity index (χ3v) is 8.37. The standard InChI is InChI=1S/C24H28ClN7O4Si/c1-37(2,3)10-9-36-13-31-12-26-19-20(29-24(25)30-21(19)31)27-16-6-4-5-14-15(16)11-32(23(14)35)17-7-8-18(33)28-22(17)34/h4-6,12,17H,7-11,13H2,1-3H3,(H,27,29,30)(H,28,33,34). The van der Waals surface area contributed by atoms with E-state index in [0.29, 0.717) is 48.0 Å². The number of carbonyl (C=O) groups excluding carboxylic acids is 3. The number of anilines is 2. The minimum Gasteiger partial charge on any atom is -0.361 e. The topological polar surface area (TPSA) is 131 Å². The number of imide groups is 1. The number of amides is 3. The fourth-order valence-electron chi connectivity index (χ4n) is 4.47. The SMILES string of the molecule is C[Si](C)(C)CCOCn1cnc2c(Nc3cccc4c3CN(C3CCC(=O)NC3=O)C4=O)nc(Cl)nc21. The van der Waals surface area contributed by atoms with Gasteiger partial charge in [-0.05, 0) is 36.2 Å². The van der Waals surface area contributed by atoms with Crippen molar-refractivity contribution in [2.24, 2.45) is 0 Å². The Balaban J connectivity index is 1.38. The third kappa shape index (κ3) is 5.22. The molecule has 2 aliphatic heterocycles. The van der Waals surface area contributed by atoms with Gasteiger partial charge in [-0.1, -0.05) is 25.7 Å². The van der Waals surface area contributed by atoms with Crippen LogP contribution in [0.2, 0.25) is 31.0 Å². The zero-order valence-corrected chi connectivity index (χ0v) is 22.6. The van der Waals surface area contributed by atoms with Gasteiger partial charge in [0.15, 0.2) is 17.0 Å². The zero-order valence-electron chi connectivity index (χ0n) is 20.9. The summed E-state index contributed by atoms with van der Waals surface area (Å²) >= 11 is 6.26. The molecule has 3 amide bonds. The van der Waals surface area contributed by atoms with E-state index >= 15 is 0 Å². The number of imidazole rings is 1. The lowest BCUT2D eigenvalue weighted by Gasteiger charge is -2.29. The molecular weight excluding hydrogens is 514 g/mol. The number of piperidine rings is 1. The van der Waals surface area contributed by atoms with Crippen molar-refractivity contribution in [1.82, 2.24) is 29.7 Å². The molecule has 11 nitrogen and oxygen atoms in total. The maximum Gasteiger partial charge on any atom is 0.255 e. The Morgan fingerprint density at radius 2 is 2.03 bits per heavy atom. The second-order valence-electron chi connectivity index (χ2n) is 10.4. The Bertz CT molecular complexity index is 1400. The smallest absolute Gasteiger partial charge is 0.255 e. The van der Waals surface area contributed by atoms with Crippen molar-refractivity contribution in [1.29, 1.82) is 0 Å². The Labute approximate surface area is 219 Å². The van der Waals surface area contributed by atoms with Crippen LogP contribution in [0.5, 0.6) is 0 Å². The van der Waals surface area contributed by atoms with Crippen LogP contribution in [0.15, 0.2) is 24.5 Å². The van der Waals surface area contributed by atoms with Gasteiger partial charge in [0.1, 0.15) is 12.8 Å². The maximum absolute atomic E-state index is 13.1. The van der Waals surface area contributed by atoms with Crippen LogP contribution >= 0.6 is 11.6 Å². The highest BCUT2D eigenvalue weighted by Crippen LogP contribution is 2.34. The predicted molar refractivity (Wildman–Crippen MR) is 140 cm³/mol. The molecule has 0 saturated carbocycles. The Hall–Kier alpha value is -3.35. The van der Waals surface area contributed by atoms with Gasteiger partial charge in [-0.15, -0.1) is 0 Å². The van der Waals surface area contributed by atoms with Crippen LogP contribution in [0.3, 0.4) is 0 Å². The molecule has 2 aromatic heterocycles. The van der Waals surface area contributed by atoms with E-state index in [2.05, 4.69) is 45.2 Å². The van der Waals surface area contributed by atoms with Gasteiger partial charge in [-0.25, -0.2) is 4.98 Å². The lowest BCUT2D eigenvalue weighted by molar-refractivity contribution is -0.136. The van der Waals surface area contributed by atoms with Crippen LogP contribution in [-0.4, -0.2) is 62.9 Å². The highest BCUT2D eigenvalue weighted by molar-refractivity contribution is 6.76. The fraction of sp³-hybridized carbons (Fsp3) is 0.417. The van der Waals surface area contributed by atoms with E-state index in [0.717, 1.165) is 11.6 Å². The molecule has 37 heavy (non-hydrogen) atoms. The van der Waals surface area contributed by atoms with E-state index in [1.165, 1.54) is 4.90 Å². The van der Waals surface area contributed by atoms with Crippen LogP contribution in [0, 0.1) is 0 Å². The number of nitrogens with one attached hydrogen (secondary N) is 2. The van der Waals surface area contributed by atoms with Crippen LogP contribution in [-0.2, 0) is 27.6 Å². The third-order valence-electron chi connectivity index (χ3n) is 6.50. The van der Waals surface area contributed by atoms with E-state index in [1.54, 1.807) is 23.0 Å². The molecule has 0 bridgehead atoms. The first kappa shape index (κ1) is 25.3. The summed E-state index contributed by atoms with van der Waals surface area (Å²) in [6.07, 6.45) is 2.13. The molecule has 5 rings (SSSR count). The molecule has 1 atom stereocenters. The summed E-state index contributed by atoms with van der Waals surface area (Å²) in [6, 6.07) is 5.68. The Morgan fingerprint density at radius 3 is 2.78 bits per heavy atom. The van der Waals surface area contributed by atoms with Crippen molar-refractivity contribution in [2.45, 2.75) is 57.8 Å². The molecule has 2 N–H and O–H groups in total. The quantitative estimate of drug-likeness (QED) is 0.192. The summed E-state index contributed by atoms with van der Waals surface area (Å²) in [4.78, 5) is 51.8. The Kier molecular flexibility index (Phi) is 6.73. The molecule has 0 aliphatic carbocycles.